The molecule has 1 rings (SSSR count). The molecule has 0 spiro atoms. The molecular weight excluding hydrogens is 198 g/mol. The van der Waals surface area contributed by atoms with Gasteiger partial charge >= 0.3 is 0 Å². The Morgan fingerprint density at radius 2 is 2.29 bits per heavy atom. The zero-order chi connectivity index (χ0) is 10.4. The molecule has 0 aromatic carbocycles. The number of nitrogens with one attached hydrogen (secondary N) is 1. The van der Waals surface area contributed by atoms with Crippen LogP contribution in [0.25, 0.3) is 0 Å². The monoisotopic (exact) mass is 211 g/mol. The number of hydrazine groups is 1. The Labute approximate surface area is 87.3 Å². The lowest BCUT2D eigenvalue weighted by molar-refractivity contribution is -0.121. The summed E-state index contributed by atoms with van der Waals surface area (Å²) < 4.78 is 0. The summed E-state index contributed by atoms with van der Waals surface area (Å²) in [6.45, 7) is 1.99. The summed E-state index contributed by atoms with van der Waals surface area (Å²) in [5, 5.41) is 0.209. The summed E-state index contributed by atoms with van der Waals surface area (Å²) >= 11 is 1.63. The van der Waals surface area contributed by atoms with Crippen LogP contribution in [-0.2, 0) is 4.79 Å². The van der Waals surface area contributed by atoms with Crippen LogP contribution in [0.15, 0.2) is 29.4 Å². The Morgan fingerprint density at radius 1 is 1.64 bits per heavy atom. The molecule has 1 aromatic heterocycles. The first kappa shape index (κ1) is 11.0. The number of pyridine rings is 1. The minimum atomic E-state index is -0.140. The van der Waals surface area contributed by atoms with E-state index in [-0.39, 0.29) is 11.2 Å². The van der Waals surface area contributed by atoms with Crippen molar-refractivity contribution in [2.45, 2.75) is 23.5 Å². The van der Waals surface area contributed by atoms with Gasteiger partial charge in [-0.25, -0.2) is 5.84 Å². The molecule has 0 radical (unpaired) electrons. The van der Waals surface area contributed by atoms with Crippen molar-refractivity contribution >= 4 is 17.7 Å². The lowest BCUT2D eigenvalue weighted by Gasteiger charge is -2.09. The van der Waals surface area contributed by atoms with Crippen molar-refractivity contribution in [1.82, 2.24) is 10.4 Å². The van der Waals surface area contributed by atoms with E-state index in [2.05, 4.69) is 10.4 Å². The van der Waals surface area contributed by atoms with E-state index in [9.17, 15) is 4.79 Å². The van der Waals surface area contributed by atoms with Gasteiger partial charge in [-0.1, -0.05) is 6.92 Å². The Kier molecular flexibility index (Phi) is 4.42. The number of nitrogens with two attached hydrogens (primary N) is 1. The average Bonchev–Trinajstić information content (AvgIpc) is 2.19. The second-order valence-corrected chi connectivity index (χ2v) is 4.39. The first-order valence-electron chi connectivity index (χ1n) is 4.28. The van der Waals surface area contributed by atoms with Gasteiger partial charge in [0, 0.05) is 29.0 Å². The molecule has 0 saturated carbocycles. The highest BCUT2D eigenvalue weighted by Crippen LogP contribution is 2.23. The zero-order valence-electron chi connectivity index (χ0n) is 7.93. The van der Waals surface area contributed by atoms with Gasteiger partial charge in [-0.15, -0.1) is 11.8 Å². The molecule has 0 saturated heterocycles. The van der Waals surface area contributed by atoms with Crippen molar-refractivity contribution < 1.29 is 4.79 Å². The molecule has 1 heterocycles. The maximum Gasteiger partial charge on any atom is 0.234 e. The van der Waals surface area contributed by atoms with E-state index in [1.165, 1.54) is 0 Å². The van der Waals surface area contributed by atoms with Gasteiger partial charge in [-0.2, -0.15) is 0 Å². The van der Waals surface area contributed by atoms with Gasteiger partial charge in [0.05, 0.1) is 0 Å². The second kappa shape index (κ2) is 5.62. The van der Waals surface area contributed by atoms with E-state index in [4.69, 9.17) is 5.84 Å². The van der Waals surface area contributed by atoms with E-state index >= 15 is 0 Å². The van der Waals surface area contributed by atoms with Crippen LogP contribution in [0.2, 0.25) is 0 Å². The molecule has 0 aliphatic rings. The van der Waals surface area contributed by atoms with Crippen LogP contribution >= 0.6 is 11.8 Å². The number of nitrogens with zero attached hydrogens (tertiary/aromatic N) is 1. The zero-order valence-corrected chi connectivity index (χ0v) is 8.75. The summed E-state index contributed by atoms with van der Waals surface area (Å²) in [6, 6.07) is 3.84. The van der Waals surface area contributed by atoms with Crippen LogP contribution in [0.4, 0.5) is 0 Å². The summed E-state index contributed by atoms with van der Waals surface area (Å²) in [7, 11) is 0. The van der Waals surface area contributed by atoms with Gasteiger partial charge < -0.3 is 0 Å². The predicted molar refractivity (Wildman–Crippen MR) is 56.5 cm³/mol. The summed E-state index contributed by atoms with van der Waals surface area (Å²) in [5.74, 6) is 4.86. The molecule has 76 valence electrons. The van der Waals surface area contributed by atoms with Crippen molar-refractivity contribution in [2.75, 3.05) is 0 Å². The van der Waals surface area contributed by atoms with Crippen molar-refractivity contribution in [2.24, 2.45) is 5.84 Å². The largest absolute Gasteiger partial charge is 0.294 e. The third kappa shape index (κ3) is 3.76. The fraction of sp³-hybridized carbons (Fsp3) is 0.333. The molecule has 3 N–H and O–H groups in total. The van der Waals surface area contributed by atoms with E-state index < -0.39 is 0 Å². The van der Waals surface area contributed by atoms with E-state index in [0.29, 0.717) is 6.42 Å². The molecule has 1 aromatic rings. The van der Waals surface area contributed by atoms with Crippen LogP contribution in [0, 0.1) is 0 Å². The number of hydrogen-bond donors (Lipinski definition) is 2. The van der Waals surface area contributed by atoms with Gasteiger partial charge in [-0.05, 0) is 12.1 Å². The van der Waals surface area contributed by atoms with Crippen LogP contribution in [-0.4, -0.2) is 16.1 Å². The quantitative estimate of drug-likeness (QED) is 0.336. The SMILES string of the molecule is CC(CC(=O)NN)Sc1ccncc1. The van der Waals surface area contributed by atoms with Crippen molar-refractivity contribution in [3.63, 3.8) is 0 Å². The highest BCUT2D eigenvalue weighted by Gasteiger charge is 2.08. The smallest absolute Gasteiger partial charge is 0.234 e. The Hall–Kier alpha value is -1.07. The van der Waals surface area contributed by atoms with Crippen molar-refractivity contribution in [3.05, 3.63) is 24.5 Å². The molecule has 0 fully saturated rings. The predicted octanol–water partition coefficient (Wildman–Crippen LogP) is 0.942. The van der Waals surface area contributed by atoms with Crippen LogP contribution in [0.1, 0.15) is 13.3 Å². The highest BCUT2D eigenvalue weighted by molar-refractivity contribution is 8.00. The number of carbonyl (C=O) groups excluding carboxylic acids is 1. The lowest BCUT2D eigenvalue weighted by Crippen LogP contribution is -2.31. The fourth-order valence-corrected chi connectivity index (χ4v) is 1.99. The number of hydrogen-bond acceptors (Lipinski definition) is 4. The minimum absolute atomic E-state index is 0.140. The molecule has 14 heavy (non-hydrogen) atoms. The molecule has 1 unspecified atom stereocenters. The number of amides is 1. The van der Waals surface area contributed by atoms with E-state index in [0.717, 1.165) is 4.90 Å². The molecule has 4 nitrogen and oxygen atoms in total. The van der Waals surface area contributed by atoms with Gasteiger partial charge in [0.15, 0.2) is 0 Å². The molecule has 0 bridgehead atoms. The molecule has 1 amide bonds. The van der Waals surface area contributed by atoms with Crippen LogP contribution < -0.4 is 11.3 Å². The Morgan fingerprint density at radius 3 is 2.86 bits per heavy atom. The standard InChI is InChI=1S/C9H13N3OS/c1-7(6-9(13)12-10)14-8-2-4-11-5-3-8/h2-5,7H,6,10H2,1H3,(H,12,13). The lowest BCUT2D eigenvalue weighted by atomic mass is 10.3. The molecular formula is C9H13N3OS. The van der Waals surface area contributed by atoms with Gasteiger partial charge in [0.1, 0.15) is 0 Å². The normalized spacial score (nSPS) is 12.1. The first-order chi connectivity index (χ1) is 6.72. The van der Waals surface area contributed by atoms with Crippen molar-refractivity contribution in [3.8, 4) is 0 Å². The Bertz CT molecular complexity index is 291. The van der Waals surface area contributed by atoms with Gasteiger partial charge in [-0.3, -0.25) is 15.2 Å². The van der Waals surface area contributed by atoms with Gasteiger partial charge in [0.25, 0.3) is 0 Å². The number of aromatic nitrogens is 1. The summed E-state index contributed by atoms with van der Waals surface area (Å²) in [4.78, 5) is 16.0. The van der Waals surface area contributed by atoms with Crippen LogP contribution in [0.5, 0.6) is 0 Å². The van der Waals surface area contributed by atoms with Gasteiger partial charge in [0.2, 0.25) is 5.91 Å². The molecule has 5 heteroatoms. The number of thioether (sulfide) groups is 1. The second-order valence-electron chi connectivity index (χ2n) is 2.88. The first-order valence-corrected chi connectivity index (χ1v) is 5.16. The minimum Gasteiger partial charge on any atom is -0.294 e. The van der Waals surface area contributed by atoms with Crippen molar-refractivity contribution in [1.29, 1.82) is 0 Å². The maximum atomic E-state index is 11.0. The Balaban J connectivity index is 2.41. The third-order valence-corrected chi connectivity index (χ3v) is 2.73. The van der Waals surface area contributed by atoms with E-state index in [1.807, 2.05) is 19.1 Å². The summed E-state index contributed by atoms with van der Waals surface area (Å²) in [5.41, 5.74) is 2.12. The maximum absolute atomic E-state index is 11.0. The van der Waals surface area contributed by atoms with Crippen LogP contribution in [0.3, 0.4) is 0 Å². The molecule has 1 atom stereocenters. The van der Waals surface area contributed by atoms with E-state index in [1.54, 1.807) is 24.2 Å². The number of carbonyl (C=O) groups is 1. The topological polar surface area (TPSA) is 68.0 Å². The highest BCUT2D eigenvalue weighted by atomic mass is 32.2. The molecule has 0 aliphatic carbocycles. The average molecular weight is 211 g/mol. The fourth-order valence-electron chi connectivity index (χ4n) is 1.01. The third-order valence-electron chi connectivity index (χ3n) is 1.62. The molecule has 0 aliphatic heterocycles. The number of rotatable bonds is 4. The summed E-state index contributed by atoms with van der Waals surface area (Å²) in [6.07, 6.45) is 3.89.